The summed E-state index contributed by atoms with van der Waals surface area (Å²) >= 11 is 0. The molecule has 1 heterocycles. The van der Waals surface area contributed by atoms with E-state index in [4.69, 9.17) is 4.74 Å². The highest BCUT2D eigenvalue weighted by Crippen LogP contribution is 2.36. The first kappa shape index (κ1) is 14.7. The minimum absolute atomic E-state index is 0.373. The number of ether oxygens (including phenoxy) is 1. The molecule has 0 saturated heterocycles. The van der Waals surface area contributed by atoms with E-state index in [1.54, 1.807) is 7.11 Å². The average Bonchev–Trinajstić information content (AvgIpc) is 3.06. The molecule has 22 heavy (non-hydrogen) atoms. The quantitative estimate of drug-likeness (QED) is 0.723. The zero-order valence-electron chi connectivity index (χ0n) is 13.1. The van der Waals surface area contributed by atoms with E-state index in [2.05, 4.69) is 58.8 Å². The second-order valence-electron chi connectivity index (χ2n) is 5.48. The van der Waals surface area contributed by atoms with Gasteiger partial charge in [-0.25, -0.2) is 0 Å². The molecule has 3 rings (SSSR count). The van der Waals surface area contributed by atoms with Gasteiger partial charge in [0, 0.05) is 17.5 Å². The summed E-state index contributed by atoms with van der Waals surface area (Å²) in [5.74, 6) is 1.27. The number of aromatic amines is 1. The second kappa shape index (κ2) is 6.67. The Morgan fingerprint density at radius 2 is 1.91 bits per heavy atom. The van der Waals surface area contributed by atoms with Crippen molar-refractivity contribution >= 4 is 10.9 Å². The molecular formula is C19H22N2O. The Bertz CT molecular complexity index is 734. The maximum absolute atomic E-state index is 5.46. The molecule has 2 N–H and O–H groups in total. The Hall–Kier alpha value is -2.26. The molecule has 0 aliphatic carbocycles. The molecule has 0 aliphatic heterocycles. The number of fused-ring (bicyclic) bond motifs is 1. The highest BCUT2D eigenvalue weighted by Gasteiger charge is 2.18. The topological polar surface area (TPSA) is 37.0 Å². The molecule has 3 nitrogen and oxygen atoms in total. The van der Waals surface area contributed by atoms with Crippen molar-refractivity contribution in [3.8, 4) is 5.75 Å². The molecule has 1 atom stereocenters. The lowest BCUT2D eigenvalue weighted by Crippen LogP contribution is -2.13. The largest absolute Gasteiger partial charge is 0.495 e. The molecule has 0 spiro atoms. The lowest BCUT2D eigenvalue weighted by Gasteiger charge is -2.19. The van der Waals surface area contributed by atoms with Gasteiger partial charge >= 0.3 is 0 Å². The van der Waals surface area contributed by atoms with Gasteiger partial charge in [0.15, 0.2) is 0 Å². The molecule has 0 bridgehead atoms. The first-order chi connectivity index (χ1) is 10.8. The van der Waals surface area contributed by atoms with Crippen molar-refractivity contribution in [1.29, 1.82) is 0 Å². The minimum atomic E-state index is 0.373. The van der Waals surface area contributed by atoms with Crippen molar-refractivity contribution in [3.05, 3.63) is 65.9 Å². The van der Waals surface area contributed by atoms with Crippen LogP contribution in [0.25, 0.3) is 10.9 Å². The summed E-state index contributed by atoms with van der Waals surface area (Å²) in [5, 5.41) is 4.51. The molecule has 0 fully saturated rings. The fourth-order valence-corrected chi connectivity index (χ4v) is 3.10. The lowest BCUT2D eigenvalue weighted by atomic mass is 9.86. The summed E-state index contributed by atoms with van der Waals surface area (Å²) in [6.45, 7) is 0.984. The van der Waals surface area contributed by atoms with Crippen molar-refractivity contribution < 1.29 is 4.74 Å². The molecule has 0 radical (unpaired) electrons. The van der Waals surface area contributed by atoms with E-state index in [0.29, 0.717) is 5.92 Å². The van der Waals surface area contributed by atoms with Gasteiger partial charge in [0.05, 0.1) is 12.6 Å². The first-order valence-electron chi connectivity index (χ1n) is 7.68. The SMILES string of the molecule is CNCCC(c1ccccc1)c1ccc(OC)c2[nH]ccc12. The number of methoxy groups -OCH3 is 1. The summed E-state index contributed by atoms with van der Waals surface area (Å²) in [6.07, 6.45) is 3.05. The van der Waals surface area contributed by atoms with Crippen LogP contribution in [0.4, 0.5) is 0 Å². The van der Waals surface area contributed by atoms with E-state index >= 15 is 0 Å². The number of nitrogens with one attached hydrogen (secondary N) is 2. The van der Waals surface area contributed by atoms with Gasteiger partial charge in [0.2, 0.25) is 0 Å². The van der Waals surface area contributed by atoms with Gasteiger partial charge in [-0.15, -0.1) is 0 Å². The van der Waals surface area contributed by atoms with Crippen LogP contribution in [0, 0.1) is 0 Å². The summed E-state index contributed by atoms with van der Waals surface area (Å²) < 4.78 is 5.46. The zero-order valence-corrected chi connectivity index (χ0v) is 13.1. The van der Waals surface area contributed by atoms with Crippen LogP contribution in [0.5, 0.6) is 5.75 Å². The molecule has 1 unspecified atom stereocenters. The number of rotatable bonds is 6. The van der Waals surface area contributed by atoms with E-state index in [0.717, 1.165) is 24.2 Å². The maximum Gasteiger partial charge on any atom is 0.142 e. The summed E-state index contributed by atoms with van der Waals surface area (Å²) in [4.78, 5) is 3.30. The van der Waals surface area contributed by atoms with Crippen LogP contribution in [0.1, 0.15) is 23.5 Å². The van der Waals surface area contributed by atoms with Crippen molar-refractivity contribution in [2.24, 2.45) is 0 Å². The second-order valence-corrected chi connectivity index (χ2v) is 5.48. The number of hydrogen-bond donors (Lipinski definition) is 2. The predicted octanol–water partition coefficient (Wildman–Crippen LogP) is 3.92. The molecule has 3 aromatic rings. The van der Waals surface area contributed by atoms with Gasteiger partial charge in [0.1, 0.15) is 5.75 Å². The van der Waals surface area contributed by atoms with Crippen molar-refractivity contribution in [2.45, 2.75) is 12.3 Å². The van der Waals surface area contributed by atoms with Crippen molar-refractivity contribution in [3.63, 3.8) is 0 Å². The standard InChI is InChI=1S/C19H22N2O/c1-20-12-10-15(14-6-4-3-5-7-14)16-8-9-18(22-2)19-17(16)11-13-21-19/h3-9,11,13,15,20-21H,10,12H2,1-2H3. The fourth-order valence-electron chi connectivity index (χ4n) is 3.10. The van der Waals surface area contributed by atoms with E-state index in [-0.39, 0.29) is 0 Å². The molecule has 0 aliphatic rings. The molecule has 2 aromatic carbocycles. The van der Waals surface area contributed by atoms with Crippen LogP contribution in [-0.2, 0) is 0 Å². The number of H-pyrrole nitrogens is 1. The molecule has 0 amide bonds. The fraction of sp³-hybridized carbons (Fsp3) is 0.263. The molecule has 0 saturated carbocycles. The third-order valence-corrected chi connectivity index (χ3v) is 4.20. The van der Waals surface area contributed by atoms with Crippen LogP contribution >= 0.6 is 0 Å². The van der Waals surface area contributed by atoms with Gasteiger partial charge < -0.3 is 15.0 Å². The summed E-state index contributed by atoms with van der Waals surface area (Å²) in [5.41, 5.74) is 3.77. The molecule has 3 heteroatoms. The Kier molecular flexibility index (Phi) is 4.45. The zero-order chi connectivity index (χ0) is 15.4. The first-order valence-corrected chi connectivity index (χ1v) is 7.68. The van der Waals surface area contributed by atoms with Crippen LogP contribution in [0.15, 0.2) is 54.7 Å². The monoisotopic (exact) mass is 294 g/mol. The average molecular weight is 294 g/mol. The van der Waals surface area contributed by atoms with Crippen LogP contribution in [0.2, 0.25) is 0 Å². The number of aromatic nitrogens is 1. The third kappa shape index (κ3) is 2.72. The Labute approximate surface area is 131 Å². The number of hydrogen-bond acceptors (Lipinski definition) is 2. The highest BCUT2D eigenvalue weighted by molar-refractivity contribution is 5.89. The van der Waals surface area contributed by atoms with E-state index < -0.39 is 0 Å². The smallest absolute Gasteiger partial charge is 0.142 e. The van der Waals surface area contributed by atoms with Crippen LogP contribution < -0.4 is 10.1 Å². The van der Waals surface area contributed by atoms with E-state index in [1.165, 1.54) is 16.5 Å². The summed E-state index contributed by atoms with van der Waals surface area (Å²) in [7, 11) is 3.72. The maximum atomic E-state index is 5.46. The van der Waals surface area contributed by atoms with Gasteiger partial charge in [-0.05, 0) is 43.3 Å². The van der Waals surface area contributed by atoms with Crippen LogP contribution in [-0.4, -0.2) is 25.7 Å². The minimum Gasteiger partial charge on any atom is -0.495 e. The molecular weight excluding hydrogens is 272 g/mol. The number of benzene rings is 2. The Morgan fingerprint density at radius 1 is 1.09 bits per heavy atom. The van der Waals surface area contributed by atoms with Gasteiger partial charge in [-0.1, -0.05) is 36.4 Å². The summed E-state index contributed by atoms with van der Waals surface area (Å²) in [6, 6.07) is 17.1. The van der Waals surface area contributed by atoms with Crippen molar-refractivity contribution in [2.75, 3.05) is 20.7 Å². The van der Waals surface area contributed by atoms with E-state index in [1.807, 2.05) is 13.2 Å². The van der Waals surface area contributed by atoms with Gasteiger partial charge in [-0.2, -0.15) is 0 Å². The Balaban J connectivity index is 2.10. The third-order valence-electron chi connectivity index (χ3n) is 4.20. The normalized spacial score (nSPS) is 12.5. The van der Waals surface area contributed by atoms with E-state index in [9.17, 15) is 0 Å². The lowest BCUT2D eigenvalue weighted by molar-refractivity contribution is 0.419. The highest BCUT2D eigenvalue weighted by atomic mass is 16.5. The van der Waals surface area contributed by atoms with Gasteiger partial charge in [0.25, 0.3) is 0 Å². The predicted molar refractivity (Wildman–Crippen MR) is 91.7 cm³/mol. The van der Waals surface area contributed by atoms with Crippen molar-refractivity contribution in [1.82, 2.24) is 10.3 Å². The molecule has 114 valence electrons. The Morgan fingerprint density at radius 3 is 2.64 bits per heavy atom. The molecule has 1 aromatic heterocycles. The van der Waals surface area contributed by atoms with Crippen LogP contribution in [0.3, 0.4) is 0 Å². The van der Waals surface area contributed by atoms with Gasteiger partial charge in [-0.3, -0.25) is 0 Å².